The van der Waals surface area contributed by atoms with Crippen LogP contribution in [0.5, 0.6) is 17.2 Å². The molecule has 3 rings (SSSR count). The number of rotatable bonds is 6. The van der Waals surface area contributed by atoms with Gasteiger partial charge >= 0.3 is 0 Å². The predicted octanol–water partition coefficient (Wildman–Crippen LogP) is 4.78. The van der Waals surface area contributed by atoms with Crippen LogP contribution in [0.15, 0.2) is 41.3 Å². The Kier molecular flexibility index (Phi) is 6.70. The fourth-order valence-corrected chi connectivity index (χ4v) is 4.20. The van der Waals surface area contributed by atoms with E-state index in [9.17, 15) is 4.79 Å². The zero-order chi connectivity index (χ0) is 21.0. The summed E-state index contributed by atoms with van der Waals surface area (Å²) < 4.78 is 16.4. The van der Waals surface area contributed by atoms with E-state index in [1.54, 1.807) is 36.4 Å². The average molecular weight is 446 g/mol. The molecule has 29 heavy (non-hydrogen) atoms. The molecule has 1 aliphatic rings. The lowest BCUT2D eigenvalue weighted by molar-refractivity contribution is -0.113. The van der Waals surface area contributed by atoms with Gasteiger partial charge in [-0.2, -0.15) is 0 Å². The van der Waals surface area contributed by atoms with Crippen LogP contribution >= 0.6 is 35.6 Å². The third-order valence-corrected chi connectivity index (χ3v) is 5.58. The van der Waals surface area contributed by atoms with Crippen LogP contribution in [0, 0.1) is 12.3 Å². The molecule has 1 aliphatic heterocycles. The van der Waals surface area contributed by atoms with Gasteiger partial charge in [-0.1, -0.05) is 47.6 Å². The van der Waals surface area contributed by atoms with Crippen LogP contribution in [0.3, 0.4) is 0 Å². The second-order valence-electron chi connectivity index (χ2n) is 5.74. The summed E-state index contributed by atoms with van der Waals surface area (Å²) in [6.07, 6.45) is 6.97. The number of halogens is 1. The zero-order valence-electron chi connectivity index (χ0n) is 15.6. The topological polar surface area (TPSA) is 48.0 Å². The molecule has 0 atom stereocenters. The molecule has 0 aliphatic carbocycles. The van der Waals surface area contributed by atoms with Crippen molar-refractivity contribution in [3.8, 4) is 29.6 Å². The molecule has 0 N–H and O–H groups in total. The maximum atomic E-state index is 12.9. The van der Waals surface area contributed by atoms with Gasteiger partial charge in [0.05, 0.1) is 29.8 Å². The lowest BCUT2D eigenvalue weighted by atomic mass is 10.2. The van der Waals surface area contributed by atoms with Gasteiger partial charge in [0.15, 0.2) is 15.8 Å². The van der Waals surface area contributed by atoms with Gasteiger partial charge < -0.3 is 14.2 Å². The molecule has 0 radical (unpaired) electrons. The molecule has 2 aromatic rings. The van der Waals surface area contributed by atoms with Crippen LogP contribution in [0.2, 0.25) is 5.02 Å². The van der Waals surface area contributed by atoms with E-state index < -0.39 is 0 Å². The number of methoxy groups -OCH3 is 2. The highest BCUT2D eigenvalue weighted by molar-refractivity contribution is 8.27. The fourth-order valence-electron chi connectivity index (χ4n) is 2.65. The lowest BCUT2D eigenvalue weighted by Crippen LogP contribution is -2.27. The maximum Gasteiger partial charge on any atom is 0.270 e. The van der Waals surface area contributed by atoms with Crippen molar-refractivity contribution in [2.45, 2.75) is 0 Å². The molecule has 1 saturated heterocycles. The molecule has 148 valence electrons. The van der Waals surface area contributed by atoms with Crippen LogP contribution in [0.25, 0.3) is 6.08 Å². The maximum absolute atomic E-state index is 12.9. The first-order valence-corrected chi connectivity index (χ1v) is 9.94. The molecule has 0 unspecified atom stereocenters. The summed E-state index contributed by atoms with van der Waals surface area (Å²) in [6.45, 7) is 0.138. The van der Waals surface area contributed by atoms with Crippen LogP contribution < -0.4 is 19.1 Å². The minimum absolute atomic E-state index is 0.138. The number of ether oxygens (including phenoxy) is 3. The highest BCUT2D eigenvalue weighted by Crippen LogP contribution is 2.39. The number of nitrogens with zero attached hydrogens (tertiary/aromatic N) is 1. The molecule has 1 fully saturated rings. The third kappa shape index (κ3) is 4.51. The summed E-state index contributed by atoms with van der Waals surface area (Å²) in [5.74, 6) is 3.75. The number of carbonyl (C=O) groups is 1. The molecule has 0 spiro atoms. The number of hydrogen-bond acceptors (Lipinski definition) is 6. The Balaban J connectivity index is 1.88. The van der Waals surface area contributed by atoms with Crippen LogP contribution in [-0.4, -0.2) is 31.1 Å². The number of benzene rings is 2. The van der Waals surface area contributed by atoms with E-state index >= 15 is 0 Å². The summed E-state index contributed by atoms with van der Waals surface area (Å²) in [5.41, 5.74) is 1.35. The van der Waals surface area contributed by atoms with Gasteiger partial charge in [0.2, 0.25) is 0 Å². The number of amides is 1. The van der Waals surface area contributed by atoms with E-state index in [0.717, 1.165) is 5.56 Å². The predicted molar refractivity (Wildman–Crippen MR) is 121 cm³/mol. The summed E-state index contributed by atoms with van der Waals surface area (Å²) in [6, 6.07) is 10.4. The molecular weight excluding hydrogens is 430 g/mol. The van der Waals surface area contributed by atoms with Gasteiger partial charge in [0.25, 0.3) is 5.91 Å². The first-order valence-electron chi connectivity index (χ1n) is 8.34. The SMILES string of the molecule is C#CCOc1ccc(/C=C2\SC(=S)N(c3ccc(OC)c(Cl)c3)C2=O)cc1OC. The van der Waals surface area contributed by atoms with Gasteiger partial charge in [0, 0.05) is 0 Å². The van der Waals surface area contributed by atoms with Crippen molar-refractivity contribution >= 4 is 57.6 Å². The van der Waals surface area contributed by atoms with Crippen molar-refractivity contribution < 1.29 is 19.0 Å². The van der Waals surface area contributed by atoms with Crippen molar-refractivity contribution in [1.29, 1.82) is 0 Å². The Bertz CT molecular complexity index is 1050. The zero-order valence-corrected chi connectivity index (χ0v) is 18.0. The normalized spacial score (nSPS) is 14.8. The van der Waals surface area contributed by atoms with E-state index in [-0.39, 0.29) is 12.5 Å². The Morgan fingerprint density at radius 3 is 2.55 bits per heavy atom. The minimum atomic E-state index is -0.229. The molecule has 2 aromatic carbocycles. The first-order chi connectivity index (χ1) is 14.0. The van der Waals surface area contributed by atoms with Crippen molar-refractivity contribution in [2.75, 3.05) is 25.7 Å². The lowest BCUT2D eigenvalue weighted by Gasteiger charge is -2.15. The molecule has 1 amide bonds. The molecular formula is C21H16ClNO4S2. The highest BCUT2D eigenvalue weighted by atomic mass is 35.5. The summed E-state index contributed by atoms with van der Waals surface area (Å²) in [5, 5.41) is 0.398. The Labute approximate surface area is 183 Å². The number of terminal acetylenes is 1. The largest absolute Gasteiger partial charge is 0.495 e. The number of hydrogen-bond donors (Lipinski definition) is 0. The van der Waals surface area contributed by atoms with Crippen LogP contribution in [-0.2, 0) is 4.79 Å². The molecule has 5 nitrogen and oxygen atoms in total. The van der Waals surface area contributed by atoms with E-state index in [1.165, 1.54) is 30.9 Å². The summed E-state index contributed by atoms with van der Waals surface area (Å²) in [4.78, 5) is 14.9. The molecule has 1 heterocycles. The monoisotopic (exact) mass is 445 g/mol. The first kappa shape index (κ1) is 21.1. The van der Waals surface area contributed by atoms with Gasteiger partial charge in [-0.05, 0) is 42.0 Å². The quantitative estimate of drug-likeness (QED) is 0.362. The van der Waals surface area contributed by atoms with E-state index in [0.29, 0.717) is 37.2 Å². The van der Waals surface area contributed by atoms with E-state index in [4.69, 9.17) is 44.5 Å². The second kappa shape index (κ2) is 9.23. The van der Waals surface area contributed by atoms with Gasteiger partial charge in [-0.15, -0.1) is 6.42 Å². The number of thioether (sulfide) groups is 1. The number of carbonyl (C=O) groups excluding carboxylic acids is 1. The van der Waals surface area contributed by atoms with Crippen molar-refractivity contribution in [2.24, 2.45) is 0 Å². The molecule has 0 bridgehead atoms. The second-order valence-corrected chi connectivity index (χ2v) is 7.82. The van der Waals surface area contributed by atoms with Gasteiger partial charge in [-0.3, -0.25) is 9.69 Å². The van der Waals surface area contributed by atoms with Crippen LogP contribution in [0.1, 0.15) is 5.56 Å². The Morgan fingerprint density at radius 1 is 1.17 bits per heavy atom. The highest BCUT2D eigenvalue weighted by Gasteiger charge is 2.33. The van der Waals surface area contributed by atoms with Gasteiger partial charge in [0.1, 0.15) is 12.4 Å². The van der Waals surface area contributed by atoms with Crippen LogP contribution in [0.4, 0.5) is 5.69 Å². The summed E-state index contributed by atoms with van der Waals surface area (Å²) in [7, 11) is 3.06. The number of thiocarbonyl (C=S) groups is 1. The fraction of sp³-hybridized carbons (Fsp3) is 0.143. The Morgan fingerprint density at radius 2 is 1.90 bits per heavy atom. The van der Waals surface area contributed by atoms with Crippen molar-refractivity contribution in [3.63, 3.8) is 0 Å². The molecule has 8 heteroatoms. The van der Waals surface area contributed by atoms with Crippen molar-refractivity contribution in [1.82, 2.24) is 0 Å². The Hall–Kier alpha value is -2.66. The number of anilines is 1. The standard InChI is InChI=1S/C21H16ClNO4S2/c1-4-9-27-17-7-5-13(10-18(17)26-3)11-19-20(24)23(21(28)29-19)14-6-8-16(25-2)15(22)12-14/h1,5-8,10-12H,9H2,2-3H3/b19-11-. The smallest absolute Gasteiger partial charge is 0.270 e. The minimum Gasteiger partial charge on any atom is -0.495 e. The van der Waals surface area contributed by atoms with Gasteiger partial charge in [-0.25, -0.2) is 0 Å². The summed E-state index contributed by atoms with van der Waals surface area (Å²) >= 11 is 12.8. The average Bonchev–Trinajstić information content (AvgIpc) is 2.99. The van der Waals surface area contributed by atoms with Crippen molar-refractivity contribution in [3.05, 3.63) is 51.9 Å². The van der Waals surface area contributed by atoms with E-state index in [1.807, 2.05) is 6.07 Å². The molecule has 0 aromatic heterocycles. The molecule has 0 saturated carbocycles. The third-order valence-electron chi connectivity index (χ3n) is 3.98. The van der Waals surface area contributed by atoms with E-state index in [2.05, 4.69) is 5.92 Å².